The van der Waals surface area contributed by atoms with Crippen LogP contribution in [0.25, 0.3) is 0 Å². The second kappa shape index (κ2) is 14.4. The Morgan fingerprint density at radius 3 is 2.22 bits per heavy atom. The van der Waals surface area contributed by atoms with Crippen LogP contribution in [0.4, 0.5) is 4.79 Å². The van der Waals surface area contributed by atoms with Crippen molar-refractivity contribution in [1.82, 2.24) is 15.1 Å². The third kappa shape index (κ3) is 9.67. The molecule has 32 heavy (non-hydrogen) atoms. The van der Waals surface area contributed by atoms with E-state index >= 15 is 0 Å². The van der Waals surface area contributed by atoms with Gasteiger partial charge in [-0.15, -0.1) is 0 Å². The van der Waals surface area contributed by atoms with Gasteiger partial charge in [-0.2, -0.15) is 0 Å². The lowest BCUT2D eigenvalue weighted by Gasteiger charge is -2.22. The summed E-state index contributed by atoms with van der Waals surface area (Å²) in [6.07, 6.45) is 0. The highest BCUT2D eigenvalue weighted by atomic mass is 16.5. The number of carbonyl (C=O) groups excluding carboxylic acids is 3. The Morgan fingerprint density at radius 2 is 1.81 bits per heavy atom. The van der Waals surface area contributed by atoms with Gasteiger partial charge < -0.3 is 29.2 Å². The molecular weight excluding hydrogens is 417 g/mol. The van der Waals surface area contributed by atoms with E-state index in [-0.39, 0.29) is 25.2 Å². The molecular formula is C21H32BN3O7. The molecule has 1 fully saturated rings. The molecule has 176 valence electrons. The van der Waals surface area contributed by atoms with E-state index in [1.54, 1.807) is 14.2 Å². The molecule has 0 spiro atoms. The maximum atomic E-state index is 11.5. The Balaban J connectivity index is 0.000000533. The van der Waals surface area contributed by atoms with Gasteiger partial charge in [0.1, 0.15) is 17.8 Å². The summed E-state index contributed by atoms with van der Waals surface area (Å²) in [4.78, 5) is 36.9. The first-order chi connectivity index (χ1) is 15.3. The molecule has 11 heteroatoms. The molecule has 1 aromatic carbocycles. The number of ether oxygens (including phenoxy) is 4. The number of carbonyl (C=O) groups is 3. The molecule has 0 aliphatic carbocycles. The Kier molecular flexibility index (Phi) is 12.4. The van der Waals surface area contributed by atoms with E-state index < -0.39 is 17.8 Å². The molecule has 3 atom stereocenters. The zero-order valence-electron chi connectivity index (χ0n) is 19.3. The van der Waals surface area contributed by atoms with Crippen molar-refractivity contribution in [2.45, 2.75) is 18.6 Å². The van der Waals surface area contributed by atoms with Crippen molar-refractivity contribution < 1.29 is 33.3 Å². The largest absolute Gasteiger partial charge is 0.497 e. The third-order valence-corrected chi connectivity index (χ3v) is 4.80. The molecule has 0 bridgehead atoms. The predicted octanol–water partition coefficient (Wildman–Crippen LogP) is 0.0367. The second-order valence-corrected chi connectivity index (χ2v) is 7.03. The van der Waals surface area contributed by atoms with Gasteiger partial charge in [-0.3, -0.25) is 19.3 Å². The van der Waals surface area contributed by atoms with Gasteiger partial charge in [0.05, 0.1) is 34.5 Å². The van der Waals surface area contributed by atoms with E-state index in [1.807, 2.05) is 36.2 Å². The number of amides is 1. The summed E-state index contributed by atoms with van der Waals surface area (Å²) in [5.41, 5.74) is 0.928. The Labute approximate surface area is 190 Å². The zero-order chi connectivity index (χ0) is 24.1. The fraction of sp³-hybridized carbons (Fsp3) is 0.571. The maximum absolute atomic E-state index is 11.5. The molecule has 1 amide bonds. The van der Waals surface area contributed by atoms with Crippen molar-refractivity contribution in [3.8, 4) is 5.75 Å². The van der Waals surface area contributed by atoms with Crippen LogP contribution < -0.4 is 10.1 Å². The smallest absolute Gasteiger partial charge is 0.325 e. The Bertz CT molecular complexity index is 733. The molecule has 1 heterocycles. The summed E-state index contributed by atoms with van der Waals surface area (Å²) in [6.45, 7) is 1.95. The maximum Gasteiger partial charge on any atom is 0.325 e. The predicted molar refractivity (Wildman–Crippen MR) is 119 cm³/mol. The third-order valence-electron chi connectivity index (χ3n) is 4.80. The summed E-state index contributed by atoms with van der Waals surface area (Å²) >= 11 is 0. The molecule has 0 aromatic heterocycles. The summed E-state index contributed by atoms with van der Waals surface area (Å²) in [5, 5.41) is 2.80. The molecule has 10 nitrogen and oxygen atoms in total. The van der Waals surface area contributed by atoms with Gasteiger partial charge in [0.2, 0.25) is 7.85 Å². The minimum atomic E-state index is -0.543. The lowest BCUT2D eigenvalue weighted by Crippen LogP contribution is -2.40. The highest BCUT2D eigenvalue weighted by Gasteiger charge is 2.37. The van der Waals surface area contributed by atoms with Gasteiger partial charge >= 0.3 is 11.9 Å². The van der Waals surface area contributed by atoms with Crippen molar-refractivity contribution in [1.29, 1.82) is 0 Å². The van der Waals surface area contributed by atoms with Crippen LogP contribution in [0.1, 0.15) is 5.56 Å². The van der Waals surface area contributed by atoms with Crippen LogP contribution >= 0.6 is 0 Å². The summed E-state index contributed by atoms with van der Waals surface area (Å²) in [5.74, 6) is -0.309. The minimum Gasteiger partial charge on any atom is -0.497 e. The van der Waals surface area contributed by atoms with Crippen molar-refractivity contribution in [2.24, 2.45) is 0 Å². The average molecular weight is 449 g/mol. The van der Waals surface area contributed by atoms with E-state index in [9.17, 15) is 14.4 Å². The van der Waals surface area contributed by atoms with Crippen LogP contribution in [0.2, 0.25) is 0 Å². The molecule has 2 rings (SSSR count). The molecule has 1 saturated heterocycles. The Hall–Kier alpha value is -2.63. The van der Waals surface area contributed by atoms with Gasteiger partial charge in [-0.1, -0.05) is 12.1 Å². The fourth-order valence-electron chi connectivity index (χ4n) is 2.62. The summed E-state index contributed by atoms with van der Waals surface area (Å²) in [7, 11) is 13.3. The number of hydrogen-bond donors (Lipinski definition) is 1. The van der Waals surface area contributed by atoms with Crippen molar-refractivity contribution in [3.63, 3.8) is 0 Å². The van der Waals surface area contributed by atoms with Crippen molar-refractivity contribution in [3.05, 3.63) is 29.8 Å². The number of methoxy groups -OCH3 is 3. The standard InChI is InChI=1S/C16H23BN2O5.C5H9NO2/c1-18-14(15(20)23-3)11-24-9-8-19(16(17)21)10-12-4-6-13(22-2)7-5-12;1-6-3-4(6)5(7)8-2/h4-7,14,18H,8-11H2,1-3H3;4H,3H2,1-2H3/t14-;/m1./s1. The van der Waals surface area contributed by atoms with E-state index in [0.29, 0.717) is 13.1 Å². The van der Waals surface area contributed by atoms with Gasteiger partial charge in [-0.25, -0.2) is 0 Å². The number of nitrogens with zero attached hydrogens (tertiary/aromatic N) is 2. The average Bonchev–Trinajstić information content (AvgIpc) is 3.54. The van der Waals surface area contributed by atoms with Gasteiger partial charge in [0, 0.05) is 19.6 Å². The first-order valence-electron chi connectivity index (χ1n) is 10.1. The van der Waals surface area contributed by atoms with Crippen molar-refractivity contribution >= 4 is 25.6 Å². The number of rotatable bonds is 11. The van der Waals surface area contributed by atoms with E-state index in [2.05, 4.69) is 14.8 Å². The number of nitrogens with one attached hydrogen (secondary N) is 1. The molecule has 2 unspecified atom stereocenters. The molecule has 2 radical (unpaired) electrons. The molecule has 1 aliphatic rings. The van der Waals surface area contributed by atoms with Crippen LogP contribution in [0.5, 0.6) is 5.75 Å². The Morgan fingerprint density at radius 1 is 1.19 bits per heavy atom. The topological polar surface area (TPSA) is 106 Å². The molecule has 0 saturated carbocycles. The zero-order valence-corrected chi connectivity index (χ0v) is 19.3. The molecule has 1 aliphatic heterocycles. The van der Waals surface area contributed by atoms with Crippen LogP contribution in [0, 0.1) is 0 Å². The molecule has 1 N–H and O–H groups in total. The number of likely N-dealkylation sites (N-methyl/N-ethyl adjacent to an activating group) is 2. The summed E-state index contributed by atoms with van der Waals surface area (Å²) < 4.78 is 19.6. The van der Waals surface area contributed by atoms with Gasteiger partial charge in [0.25, 0.3) is 0 Å². The lowest BCUT2D eigenvalue weighted by molar-refractivity contribution is -0.144. The number of benzene rings is 1. The molecule has 1 aromatic rings. The monoisotopic (exact) mass is 449 g/mol. The van der Waals surface area contributed by atoms with E-state index in [0.717, 1.165) is 17.9 Å². The van der Waals surface area contributed by atoms with E-state index in [4.69, 9.17) is 17.3 Å². The first kappa shape index (κ1) is 27.4. The van der Waals surface area contributed by atoms with Crippen LogP contribution in [-0.4, -0.2) is 109 Å². The minimum absolute atomic E-state index is 0.0556. The van der Waals surface area contributed by atoms with Gasteiger partial charge in [-0.05, 0) is 31.8 Å². The van der Waals surface area contributed by atoms with Gasteiger partial charge in [0.15, 0.2) is 5.81 Å². The lowest BCUT2D eigenvalue weighted by atomic mass is 10.1. The van der Waals surface area contributed by atoms with Crippen molar-refractivity contribution in [2.75, 3.05) is 61.7 Å². The SMILES string of the molecule is COC(=O)C1CN1C.[B]C(=O)N(CCOC[C@@H](NC)C(=O)OC)Cc1ccc(OC)cc1. The normalized spacial score (nSPS) is 17.3. The quantitative estimate of drug-likeness (QED) is 0.217. The van der Waals surface area contributed by atoms with Crippen LogP contribution in [-0.2, 0) is 30.3 Å². The fourth-order valence-corrected chi connectivity index (χ4v) is 2.62. The summed E-state index contributed by atoms with van der Waals surface area (Å²) in [6, 6.07) is 6.88. The van der Waals surface area contributed by atoms with E-state index in [1.165, 1.54) is 19.1 Å². The second-order valence-electron chi connectivity index (χ2n) is 7.03. The highest BCUT2D eigenvalue weighted by molar-refractivity contribution is 6.56. The van der Waals surface area contributed by atoms with Crippen LogP contribution in [0.3, 0.4) is 0 Å². The first-order valence-corrected chi connectivity index (χ1v) is 10.1. The highest BCUT2D eigenvalue weighted by Crippen LogP contribution is 2.14. The number of hydrogen-bond acceptors (Lipinski definition) is 9. The number of esters is 2. The van der Waals surface area contributed by atoms with Crippen LogP contribution in [0.15, 0.2) is 24.3 Å².